The van der Waals surface area contributed by atoms with Crippen molar-refractivity contribution in [1.29, 1.82) is 0 Å². The van der Waals surface area contributed by atoms with E-state index >= 15 is 0 Å². The number of ether oxygens (including phenoxy) is 1. The van der Waals surface area contributed by atoms with Crippen LogP contribution in [0, 0.1) is 0 Å². The van der Waals surface area contributed by atoms with E-state index in [1.54, 1.807) is 6.20 Å². The van der Waals surface area contributed by atoms with Crippen LogP contribution in [0.15, 0.2) is 47.7 Å². The maximum absolute atomic E-state index is 11.6. The highest BCUT2D eigenvalue weighted by molar-refractivity contribution is 5.79. The van der Waals surface area contributed by atoms with Crippen LogP contribution in [0.3, 0.4) is 0 Å². The Hall–Kier alpha value is -3.03. The third kappa shape index (κ3) is 7.69. The van der Waals surface area contributed by atoms with Crippen molar-refractivity contribution >= 4 is 12.1 Å². The van der Waals surface area contributed by atoms with Gasteiger partial charge in [-0.3, -0.25) is 0 Å². The van der Waals surface area contributed by atoms with Crippen molar-refractivity contribution in [3.8, 4) is 5.69 Å². The van der Waals surface area contributed by atoms with Crippen LogP contribution in [0.25, 0.3) is 5.69 Å². The highest BCUT2D eigenvalue weighted by atomic mass is 16.6. The number of hydrogen-bond donors (Lipinski definition) is 3. The van der Waals surface area contributed by atoms with Crippen LogP contribution in [-0.2, 0) is 11.3 Å². The zero-order valence-electron chi connectivity index (χ0n) is 17.0. The van der Waals surface area contributed by atoms with Crippen molar-refractivity contribution in [1.82, 2.24) is 25.7 Å². The molecule has 2 rings (SSSR count). The molecule has 152 valence electrons. The molecule has 0 aliphatic heterocycles. The first kappa shape index (κ1) is 21.3. The van der Waals surface area contributed by atoms with Gasteiger partial charge in [-0.1, -0.05) is 12.1 Å². The van der Waals surface area contributed by atoms with Crippen molar-refractivity contribution in [3.63, 3.8) is 0 Å². The molecule has 1 amide bonds. The fraction of sp³-hybridized carbons (Fsp3) is 0.450. The lowest BCUT2D eigenvalue weighted by atomic mass is 10.2. The molecule has 0 unspecified atom stereocenters. The second kappa shape index (κ2) is 10.3. The summed E-state index contributed by atoms with van der Waals surface area (Å²) in [6.45, 7) is 9.81. The number of nitrogens with one attached hydrogen (secondary N) is 3. The second-order valence-corrected chi connectivity index (χ2v) is 7.17. The van der Waals surface area contributed by atoms with Crippen molar-refractivity contribution < 1.29 is 9.53 Å². The predicted molar refractivity (Wildman–Crippen MR) is 111 cm³/mol. The van der Waals surface area contributed by atoms with Gasteiger partial charge in [0.15, 0.2) is 5.96 Å². The first-order chi connectivity index (χ1) is 13.4. The molecule has 0 aliphatic carbocycles. The molecular formula is C20H30N6O2. The number of aromatic nitrogens is 2. The topological polar surface area (TPSA) is 92.6 Å². The Morgan fingerprint density at radius 2 is 1.86 bits per heavy atom. The van der Waals surface area contributed by atoms with Gasteiger partial charge in [-0.25, -0.2) is 14.5 Å². The molecule has 0 saturated heterocycles. The van der Waals surface area contributed by atoms with E-state index in [-0.39, 0.29) is 0 Å². The molecule has 28 heavy (non-hydrogen) atoms. The molecule has 0 atom stereocenters. The Balaban J connectivity index is 1.80. The number of benzene rings is 1. The van der Waals surface area contributed by atoms with E-state index in [0.717, 1.165) is 17.8 Å². The molecule has 0 radical (unpaired) electrons. The van der Waals surface area contributed by atoms with E-state index in [2.05, 4.69) is 26.0 Å². The molecule has 8 heteroatoms. The van der Waals surface area contributed by atoms with Gasteiger partial charge in [0, 0.05) is 32.0 Å². The van der Waals surface area contributed by atoms with E-state index in [0.29, 0.717) is 25.6 Å². The number of alkyl carbamates (subject to hydrolysis) is 1. The number of nitrogens with zero attached hydrogens (tertiary/aromatic N) is 3. The Labute approximate surface area is 166 Å². The summed E-state index contributed by atoms with van der Waals surface area (Å²) in [6.07, 6.45) is 3.24. The Bertz CT molecular complexity index is 748. The highest BCUT2D eigenvalue weighted by Gasteiger charge is 2.15. The second-order valence-electron chi connectivity index (χ2n) is 7.17. The lowest BCUT2D eigenvalue weighted by Crippen LogP contribution is -2.42. The first-order valence-corrected chi connectivity index (χ1v) is 9.45. The van der Waals surface area contributed by atoms with Crippen LogP contribution in [0.5, 0.6) is 0 Å². The van der Waals surface area contributed by atoms with Crippen molar-refractivity contribution in [2.24, 2.45) is 4.99 Å². The van der Waals surface area contributed by atoms with Crippen LogP contribution in [0.1, 0.15) is 33.3 Å². The fourth-order valence-electron chi connectivity index (χ4n) is 2.35. The van der Waals surface area contributed by atoms with E-state index in [9.17, 15) is 4.79 Å². The van der Waals surface area contributed by atoms with Crippen LogP contribution in [0.2, 0.25) is 0 Å². The van der Waals surface area contributed by atoms with E-state index in [4.69, 9.17) is 4.74 Å². The number of rotatable bonds is 7. The van der Waals surface area contributed by atoms with E-state index < -0.39 is 11.7 Å². The fourth-order valence-corrected chi connectivity index (χ4v) is 2.35. The maximum atomic E-state index is 11.6. The van der Waals surface area contributed by atoms with Gasteiger partial charge in [-0.2, -0.15) is 5.10 Å². The number of hydrogen-bond acceptors (Lipinski definition) is 4. The molecule has 0 spiro atoms. The molecule has 1 aromatic heterocycles. The minimum Gasteiger partial charge on any atom is -0.444 e. The summed E-state index contributed by atoms with van der Waals surface area (Å²) in [7, 11) is 0. The van der Waals surface area contributed by atoms with Gasteiger partial charge in [-0.15, -0.1) is 0 Å². The molecule has 3 N–H and O–H groups in total. The zero-order valence-corrected chi connectivity index (χ0v) is 17.0. The third-order valence-corrected chi connectivity index (χ3v) is 3.55. The van der Waals surface area contributed by atoms with Gasteiger partial charge < -0.3 is 20.7 Å². The monoisotopic (exact) mass is 386 g/mol. The smallest absolute Gasteiger partial charge is 0.407 e. The van der Waals surface area contributed by atoms with Crippen LogP contribution in [0.4, 0.5) is 4.79 Å². The average molecular weight is 387 g/mol. The summed E-state index contributed by atoms with van der Waals surface area (Å²) in [5, 5.41) is 13.3. The molecular weight excluding hydrogens is 356 g/mol. The lowest BCUT2D eigenvalue weighted by Gasteiger charge is -2.19. The normalized spacial score (nSPS) is 11.8. The number of guanidine groups is 1. The average Bonchev–Trinajstić information content (AvgIpc) is 3.17. The minimum atomic E-state index is -0.499. The lowest BCUT2D eigenvalue weighted by molar-refractivity contribution is 0.0529. The number of carbonyl (C=O) groups excluding carboxylic acids is 1. The van der Waals surface area contributed by atoms with Crippen molar-refractivity contribution in [2.75, 3.05) is 19.6 Å². The zero-order chi connectivity index (χ0) is 20.4. The van der Waals surface area contributed by atoms with Crippen LogP contribution < -0.4 is 16.0 Å². The largest absolute Gasteiger partial charge is 0.444 e. The maximum Gasteiger partial charge on any atom is 0.407 e. The Morgan fingerprint density at radius 3 is 2.46 bits per heavy atom. The van der Waals surface area contributed by atoms with Crippen molar-refractivity contribution in [2.45, 2.75) is 39.8 Å². The number of amides is 1. The predicted octanol–water partition coefficient (Wildman–Crippen LogP) is 2.45. The summed E-state index contributed by atoms with van der Waals surface area (Å²) in [6, 6.07) is 10.00. The van der Waals surface area contributed by atoms with Crippen LogP contribution in [-0.4, -0.2) is 47.1 Å². The van der Waals surface area contributed by atoms with Gasteiger partial charge in [0.25, 0.3) is 0 Å². The Morgan fingerprint density at radius 1 is 1.14 bits per heavy atom. The van der Waals surface area contributed by atoms with Crippen LogP contribution >= 0.6 is 0 Å². The molecule has 1 heterocycles. The minimum absolute atomic E-state index is 0.423. The molecule has 0 aliphatic rings. The van der Waals surface area contributed by atoms with Gasteiger partial charge in [0.2, 0.25) is 0 Å². The SMILES string of the molecule is CCNC(=NCc1ccc(-n2cccn2)cc1)NCCNC(=O)OC(C)(C)C. The standard InChI is InChI=1S/C20H30N6O2/c1-5-21-18(22-12-13-23-19(27)28-20(2,3)4)24-15-16-7-9-17(10-8-16)26-14-6-11-25-26/h6-11,14H,5,12-13,15H2,1-4H3,(H,23,27)(H2,21,22,24). The van der Waals surface area contributed by atoms with Gasteiger partial charge in [0.1, 0.15) is 5.60 Å². The summed E-state index contributed by atoms with van der Waals surface area (Å²) >= 11 is 0. The number of carbonyl (C=O) groups is 1. The third-order valence-electron chi connectivity index (χ3n) is 3.55. The first-order valence-electron chi connectivity index (χ1n) is 9.45. The Kier molecular flexibility index (Phi) is 7.86. The summed E-state index contributed by atoms with van der Waals surface area (Å²) in [5.74, 6) is 0.699. The molecule has 8 nitrogen and oxygen atoms in total. The molecule has 2 aromatic rings. The molecule has 1 aromatic carbocycles. The summed E-state index contributed by atoms with van der Waals surface area (Å²) in [4.78, 5) is 16.2. The number of aliphatic imine (C=N–C) groups is 1. The van der Waals surface area contributed by atoms with Gasteiger partial charge >= 0.3 is 6.09 Å². The van der Waals surface area contributed by atoms with Gasteiger partial charge in [-0.05, 0) is 51.5 Å². The van der Waals surface area contributed by atoms with E-state index in [1.807, 2.05) is 68.9 Å². The quantitative estimate of drug-likeness (QED) is 0.386. The summed E-state index contributed by atoms with van der Waals surface area (Å²) in [5.41, 5.74) is 1.61. The van der Waals surface area contributed by atoms with E-state index in [1.165, 1.54) is 0 Å². The van der Waals surface area contributed by atoms with Crippen molar-refractivity contribution in [3.05, 3.63) is 48.3 Å². The highest BCUT2D eigenvalue weighted by Crippen LogP contribution is 2.09. The summed E-state index contributed by atoms with van der Waals surface area (Å²) < 4.78 is 7.02. The molecule has 0 fully saturated rings. The molecule has 0 bridgehead atoms. The molecule has 0 saturated carbocycles. The van der Waals surface area contributed by atoms with Gasteiger partial charge in [0.05, 0.1) is 12.2 Å².